The molecule has 0 aliphatic rings. The van der Waals surface area contributed by atoms with Crippen LogP contribution in [0.2, 0.25) is 0 Å². The van der Waals surface area contributed by atoms with Crippen LogP contribution in [0.15, 0.2) is 24.5 Å². The molecule has 0 aliphatic carbocycles. The summed E-state index contributed by atoms with van der Waals surface area (Å²) in [5.41, 5.74) is 1.46. The molecule has 0 fully saturated rings. The Balaban J connectivity index is 0.00000106. The van der Waals surface area contributed by atoms with Crippen molar-refractivity contribution in [2.24, 2.45) is 0 Å². The molecule has 0 bridgehead atoms. The van der Waals surface area contributed by atoms with Gasteiger partial charge in [0.1, 0.15) is 6.54 Å². The van der Waals surface area contributed by atoms with Gasteiger partial charge in [0.15, 0.2) is 12.4 Å². The standard InChI is InChI=1S/C13H22N.CN/c1-3-5-6-10-14-11-8-13(7-4-2)9-12-14;1-2/h8-9,11-12H,3-7,10H2,1-2H3;/q+1;-1. The predicted molar refractivity (Wildman–Crippen MR) is 65.1 cm³/mol. The first-order valence-corrected chi connectivity index (χ1v) is 6.07. The van der Waals surface area contributed by atoms with Crippen molar-refractivity contribution in [1.29, 1.82) is 5.26 Å². The highest BCUT2D eigenvalue weighted by atomic mass is 14.9. The molecule has 0 amide bonds. The lowest BCUT2D eigenvalue weighted by molar-refractivity contribution is -0.697. The third kappa shape index (κ3) is 6.19. The first-order chi connectivity index (χ1) is 7.86. The molecule has 0 unspecified atom stereocenters. The minimum Gasteiger partial charge on any atom is -0.512 e. The molecule has 0 aromatic carbocycles. The Morgan fingerprint density at radius 3 is 2.19 bits per heavy atom. The summed E-state index contributed by atoms with van der Waals surface area (Å²) in [6.45, 7) is 10.4. The summed E-state index contributed by atoms with van der Waals surface area (Å²) in [7, 11) is 0. The van der Waals surface area contributed by atoms with Crippen LogP contribution >= 0.6 is 0 Å². The van der Waals surface area contributed by atoms with Crippen LogP contribution in [-0.2, 0) is 13.0 Å². The molecule has 0 spiro atoms. The summed E-state index contributed by atoms with van der Waals surface area (Å²) in [6, 6.07) is 4.49. The van der Waals surface area contributed by atoms with Gasteiger partial charge in [-0.1, -0.05) is 26.7 Å². The summed E-state index contributed by atoms with van der Waals surface area (Å²) >= 11 is 0. The molecule has 0 saturated heterocycles. The van der Waals surface area contributed by atoms with E-state index in [1.54, 1.807) is 0 Å². The number of aromatic nitrogens is 1. The van der Waals surface area contributed by atoms with Crippen LogP contribution in [0.1, 0.15) is 45.1 Å². The van der Waals surface area contributed by atoms with Crippen molar-refractivity contribution in [2.75, 3.05) is 0 Å². The Morgan fingerprint density at radius 1 is 1.06 bits per heavy atom. The van der Waals surface area contributed by atoms with Gasteiger partial charge in [0.05, 0.1) is 0 Å². The lowest BCUT2D eigenvalue weighted by Crippen LogP contribution is -2.32. The SMILES string of the molecule is CCCCC[n+]1ccc(CCC)cc1.[C-]#N. The summed E-state index contributed by atoms with van der Waals surface area (Å²) < 4.78 is 2.29. The Kier molecular flexibility index (Phi) is 9.30. The van der Waals surface area contributed by atoms with Crippen LogP contribution in [0.5, 0.6) is 0 Å². The van der Waals surface area contributed by atoms with Gasteiger partial charge in [-0.15, -0.1) is 0 Å². The van der Waals surface area contributed by atoms with Crippen molar-refractivity contribution in [3.63, 3.8) is 0 Å². The van der Waals surface area contributed by atoms with Crippen molar-refractivity contribution in [1.82, 2.24) is 0 Å². The zero-order valence-electron chi connectivity index (χ0n) is 10.4. The first kappa shape index (κ1) is 14.6. The maximum absolute atomic E-state index is 6.25. The van der Waals surface area contributed by atoms with Gasteiger partial charge in [0, 0.05) is 18.6 Å². The molecule has 0 aliphatic heterocycles. The minimum absolute atomic E-state index is 1.17. The number of hydrogen-bond donors (Lipinski definition) is 0. The highest BCUT2D eigenvalue weighted by Crippen LogP contribution is 1.99. The fourth-order valence-electron chi connectivity index (χ4n) is 1.64. The van der Waals surface area contributed by atoms with Crippen LogP contribution < -0.4 is 4.57 Å². The highest BCUT2D eigenvalue weighted by Gasteiger charge is 1.99. The van der Waals surface area contributed by atoms with Gasteiger partial charge in [-0.25, -0.2) is 4.57 Å². The molecule has 2 heteroatoms. The van der Waals surface area contributed by atoms with Crippen LogP contribution in [-0.4, -0.2) is 0 Å². The molecule has 88 valence electrons. The Labute approximate surface area is 99.5 Å². The molecule has 0 atom stereocenters. The van der Waals surface area contributed by atoms with Crippen LogP contribution in [0.3, 0.4) is 0 Å². The van der Waals surface area contributed by atoms with E-state index in [2.05, 4.69) is 42.9 Å². The van der Waals surface area contributed by atoms with Crippen LogP contribution in [0.25, 0.3) is 0 Å². The van der Waals surface area contributed by atoms with E-state index < -0.39 is 0 Å². The maximum atomic E-state index is 6.25. The third-order valence-electron chi connectivity index (χ3n) is 2.52. The van der Waals surface area contributed by atoms with Crippen LogP contribution in [0, 0.1) is 11.8 Å². The zero-order valence-corrected chi connectivity index (χ0v) is 10.4. The summed E-state index contributed by atoms with van der Waals surface area (Å²) in [5, 5.41) is 6.25. The average molecular weight is 218 g/mol. The Morgan fingerprint density at radius 2 is 1.69 bits per heavy atom. The molecule has 2 nitrogen and oxygen atoms in total. The number of rotatable bonds is 6. The highest BCUT2D eigenvalue weighted by molar-refractivity contribution is 5.06. The fraction of sp³-hybridized carbons (Fsp3) is 0.571. The number of unbranched alkanes of at least 4 members (excludes halogenated alkanes) is 2. The van der Waals surface area contributed by atoms with E-state index in [-0.39, 0.29) is 0 Å². The van der Waals surface area contributed by atoms with E-state index >= 15 is 0 Å². The normalized spacial score (nSPS) is 9.25. The van der Waals surface area contributed by atoms with Gasteiger partial charge in [0.25, 0.3) is 0 Å². The van der Waals surface area contributed by atoms with Gasteiger partial charge in [0.2, 0.25) is 0 Å². The third-order valence-corrected chi connectivity index (χ3v) is 2.52. The lowest BCUT2D eigenvalue weighted by atomic mass is 10.1. The maximum Gasteiger partial charge on any atom is 0.169 e. The number of hydrogen-bond acceptors (Lipinski definition) is 1. The largest absolute Gasteiger partial charge is 0.512 e. The Bertz CT molecular complexity index is 275. The number of pyridine rings is 1. The molecule has 1 heterocycles. The lowest BCUT2D eigenvalue weighted by Gasteiger charge is -1.98. The second kappa shape index (κ2) is 10.2. The van der Waals surface area contributed by atoms with Crippen molar-refractivity contribution >= 4 is 0 Å². The molecule has 16 heavy (non-hydrogen) atoms. The monoisotopic (exact) mass is 218 g/mol. The average Bonchev–Trinajstić information content (AvgIpc) is 2.35. The van der Waals surface area contributed by atoms with Crippen LogP contribution in [0.4, 0.5) is 0 Å². The van der Waals surface area contributed by atoms with Gasteiger partial charge in [-0.3, -0.25) is 0 Å². The summed E-state index contributed by atoms with van der Waals surface area (Å²) in [5.74, 6) is 0. The van der Waals surface area contributed by atoms with E-state index in [9.17, 15) is 0 Å². The van der Waals surface area contributed by atoms with Gasteiger partial charge in [-0.2, -0.15) is 0 Å². The molecule has 0 saturated carbocycles. The second-order valence-corrected chi connectivity index (χ2v) is 3.90. The van der Waals surface area contributed by atoms with E-state index in [4.69, 9.17) is 11.8 Å². The van der Waals surface area contributed by atoms with Crippen molar-refractivity contribution in [3.8, 4) is 0 Å². The first-order valence-electron chi connectivity index (χ1n) is 6.07. The fourth-order valence-corrected chi connectivity index (χ4v) is 1.64. The van der Waals surface area contributed by atoms with Crippen molar-refractivity contribution in [3.05, 3.63) is 36.7 Å². The topological polar surface area (TPSA) is 27.7 Å². The van der Waals surface area contributed by atoms with Crippen molar-refractivity contribution < 1.29 is 4.57 Å². The minimum atomic E-state index is 1.17. The molecular weight excluding hydrogens is 196 g/mol. The Hall–Kier alpha value is -1.36. The predicted octanol–water partition coefficient (Wildman–Crippen LogP) is 3.21. The molecule has 1 aromatic heterocycles. The summed E-state index contributed by atoms with van der Waals surface area (Å²) in [6.07, 6.45) is 10.8. The van der Waals surface area contributed by atoms with E-state index in [0.717, 1.165) is 0 Å². The van der Waals surface area contributed by atoms with E-state index in [0.29, 0.717) is 0 Å². The summed E-state index contributed by atoms with van der Waals surface area (Å²) in [4.78, 5) is 0. The molecule has 0 N–H and O–H groups in total. The van der Waals surface area contributed by atoms with E-state index in [1.807, 2.05) is 0 Å². The molecule has 1 rings (SSSR count). The zero-order chi connectivity index (χ0) is 12.2. The van der Waals surface area contributed by atoms with Gasteiger partial charge in [-0.05, 0) is 18.4 Å². The molecule has 1 aromatic rings. The number of nitrogens with zero attached hydrogens (tertiary/aromatic N) is 2. The smallest absolute Gasteiger partial charge is 0.169 e. The van der Waals surface area contributed by atoms with E-state index in [1.165, 1.54) is 44.2 Å². The van der Waals surface area contributed by atoms with Gasteiger partial charge >= 0.3 is 0 Å². The quantitative estimate of drug-likeness (QED) is 0.409. The second-order valence-electron chi connectivity index (χ2n) is 3.90. The van der Waals surface area contributed by atoms with Crippen molar-refractivity contribution in [2.45, 2.75) is 52.5 Å². The number of aryl methyl sites for hydroxylation is 2. The molecular formula is C14H22N2. The molecule has 0 radical (unpaired) electrons. The van der Waals surface area contributed by atoms with Gasteiger partial charge < -0.3 is 11.8 Å².